The molecule has 0 aliphatic carbocycles. The first-order chi connectivity index (χ1) is 13.6. The fraction of sp³-hybridized carbons (Fsp3) is 0.333. The molecule has 148 valence electrons. The number of halogens is 1. The highest BCUT2D eigenvalue weighted by Crippen LogP contribution is 2.16. The Morgan fingerprint density at radius 1 is 1.25 bits per heavy atom. The van der Waals surface area contributed by atoms with Crippen molar-refractivity contribution in [1.82, 2.24) is 5.32 Å². The molecular weight excluding hydrogens is 361 g/mol. The van der Waals surface area contributed by atoms with Crippen molar-refractivity contribution >= 4 is 17.8 Å². The smallest absolute Gasteiger partial charge is 0.261 e. The summed E-state index contributed by atoms with van der Waals surface area (Å²) >= 11 is 0. The molecule has 0 atom stereocenters. The number of carbonyl (C=O) groups excluding carboxylic acids is 1. The second-order valence-electron chi connectivity index (χ2n) is 6.56. The van der Waals surface area contributed by atoms with Gasteiger partial charge in [0.2, 0.25) is 0 Å². The standard InChI is InChI=1S/C21H24FN3O3/c1-16-12-18(4-7-20(16)22)13-23-21(26)15-28-24-14-17-2-5-19(6-3-17)25-8-10-27-11-9-25/h2-7,12,14H,8-11,13,15H2,1H3,(H,23,26)/b24-14+. The van der Waals surface area contributed by atoms with Gasteiger partial charge in [0.05, 0.1) is 19.4 Å². The molecule has 0 saturated carbocycles. The summed E-state index contributed by atoms with van der Waals surface area (Å²) in [4.78, 5) is 19.1. The van der Waals surface area contributed by atoms with Crippen LogP contribution in [0.4, 0.5) is 10.1 Å². The third kappa shape index (κ3) is 5.79. The number of nitrogens with one attached hydrogen (secondary N) is 1. The average Bonchev–Trinajstić information content (AvgIpc) is 2.73. The van der Waals surface area contributed by atoms with Crippen LogP contribution < -0.4 is 10.2 Å². The number of oxime groups is 1. The molecule has 1 aliphatic rings. The number of morpholine rings is 1. The van der Waals surface area contributed by atoms with Gasteiger partial charge in [-0.1, -0.05) is 29.4 Å². The molecule has 0 radical (unpaired) electrons. The van der Waals surface area contributed by atoms with E-state index in [0.29, 0.717) is 12.1 Å². The summed E-state index contributed by atoms with van der Waals surface area (Å²) in [6, 6.07) is 12.7. The number of aryl methyl sites for hydroxylation is 1. The fourth-order valence-corrected chi connectivity index (χ4v) is 2.86. The number of nitrogens with zero attached hydrogens (tertiary/aromatic N) is 2. The Balaban J connectivity index is 1.39. The number of rotatable bonds is 7. The largest absolute Gasteiger partial charge is 0.386 e. The van der Waals surface area contributed by atoms with E-state index in [9.17, 15) is 9.18 Å². The highest BCUT2D eigenvalue weighted by Gasteiger charge is 2.10. The zero-order valence-corrected chi connectivity index (χ0v) is 15.9. The van der Waals surface area contributed by atoms with E-state index in [1.165, 1.54) is 6.07 Å². The average molecular weight is 385 g/mol. The minimum Gasteiger partial charge on any atom is -0.386 e. The van der Waals surface area contributed by atoms with E-state index in [1.54, 1.807) is 25.3 Å². The van der Waals surface area contributed by atoms with E-state index < -0.39 is 0 Å². The Bertz CT molecular complexity index is 818. The van der Waals surface area contributed by atoms with Crippen LogP contribution in [0.2, 0.25) is 0 Å². The SMILES string of the molecule is Cc1cc(CNC(=O)CO/N=C/c2ccc(N3CCOCC3)cc2)ccc1F. The predicted octanol–water partition coefficient (Wildman–Crippen LogP) is 2.64. The molecule has 28 heavy (non-hydrogen) atoms. The zero-order chi connectivity index (χ0) is 19.8. The third-order valence-corrected chi connectivity index (χ3v) is 4.45. The molecule has 6 nitrogen and oxygen atoms in total. The van der Waals surface area contributed by atoms with Crippen molar-refractivity contribution in [1.29, 1.82) is 0 Å². The molecule has 2 aromatic rings. The lowest BCUT2D eigenvalue weighted by molar-refractivity contribution is -0.125. The molecule has 1 N–H and O–H groups in total. The summed E-state index contributed by atoms with van der Waals surface area (Å²) in [5, 5.41) is 6.55. The Morgan fingerprint density at radius 2 is 2.00 bits per heavy atom. The summed E-state index contributed by atoms with van der Waals surface area (Å²) in [7, 11) is 0. The molecule has 0 spiro atoms. The first-order valence-electron chi connectivity index (χ1n) is 9.21. The Morgan fingerprint density at radius 3 is 2.71 bits per heavy atom. The van der Waals surface area contributed by atoms with Gasteiger partial charge < -0.3 is 19.8 Å². The molecule has 1 fully saturated rings. The monoisotopic (exact) mass is 385 g/mol. The van der Waals surface area contributed by atoms with Crippen LogP contribution in [0.25, 0.3) is 0 Å². The number of hydrogen-bond acceptors (Lipinski definition) is 5. The summed E-state index contributed by atoms with van der Waals surface area (Å²) < 4.78 is 18.6. The van der Waals surface area contributed by atoms with Gasteiger partial charge in [-0.3, -0.25) is 4.79 Å². The van der Waals surface area contributed by atoms with Crippen molar-refractivity contribution in [3.8, 4) is 0 Å². The highest BCUT2D eigenvalue weighted by molar-refractivity contribution is 5.80. The molecule has 1 saturated heterocycles. The van der Waals surface area contributed by atoms with Crippen LogP contribution in [0, 0.1) is 12.7 Å². The lowest BCUT2D eigenvalue weighted by atomic mass is 10.1. The first kappa shape index (κ1) is 19.8. The number of hydrogen-bond donors (Lipinski definition) is 1. The minimum atomic E-state index is -0.290. The van der Waals surface area contributed by atoms with Crippen molar-refractivity contribution in [3.05, 3.63) is 65.0 Å². The van der Waals surface area contributed by atoms with Gasteiger partial charge in [0.25, 0.3) is 5.91 Å². The van der Waals surface area contributed by atoms with Crippen LogP contribution in [0.1, 0.15) is 16.7 Å². The number of ether oxygens (including phenoxy) is 1. The number of benzene rings is 2. The van der Waals surface area contributed by atoms with E-state index in [4.69, 9.17) is 9.57 Å². The maximum Gasteiger partial charge on any atom is 0.261 e. The van der Waals surface area contributed by atoms with Crippen LogP contribution in [0.15, 0.2) is 47.6 Å². The molecule has 1 heterocycles. The quantitative estimate of drug-likeness (QED) is 0.588. The normalized spacial score (nSPS) is 14.3. The van der Waals surface area contributed by atoms with Gasteiger partial charge in [-0.05, 0) is 41.8 Å². The van der Waals surface area contributed by atoms with Crippen molar-refractivity contribution in [3.63, 3.8) is 0 Å². The van der Waals surface area contributed by atoms with E-state index in [2.05, 4.69) is 15.4 Å². The zero-order valence-electron chi connectivity index (χ0n) is 15.9. The summed E-state index contributed by atoms with van der Waals surface area (Å²) in [6.45, 7) is 5.11. The summed E-state index contributed by atoms with van der Waals surface area (Å²) in [6.07, 6.45) is 1.57. The molecular formula is C21H24FN3O3. The Labute approximate surface area is 163 Å². The van der Waals surface area contributed by atoms with Crippen molar-refractivity contribution in [2.75, 3.05) is 37.8 Å². The van der Waals surface area contributed by atoms with Crippen molar-refractivity contribution < 1.29 is 18.8 Å². The lowest BCUT2D eigenvalue weighted by Gasteiger charge is -2.28. The summed E-state index contributed by atoms with van der Waals surface area (Å²) in [5.74, 6) is -0.549. The second kappa shape index (κ2) is 9.85. The van der Waals surface area contributed by atoms with Crippen LogP contribution >= 0.6 is 0 Å². The summed E-state index contributed by atoms with van der Waals surface area (Å²) in [5.41, 5.74) is 3.42. The molecule has 3 rings (SSSR count). The predicted molar refractivity (Wildman–Crippen MR) is 106 cm³/mol. The van der Waals surface area contributed by atoms with E-state index in [-0.39, 0.29) is 18.3 Å². The second-order valence-corrected chi connectivity index (χ2v) is 6.56. The Kier molecular flexibility index (Phi) is 6.97. The van der Waals surface area contributed by atoms with Crippen molar-refractivity contribution in [2.45, 2.75) is 13.5 Å². The van der Waals surface area contributed by atoms with Gasteiger partial charge in [-0.25, -0.2) is 4.39 Å². The lowest BCUT2D eigenvalue weighted by Crippen LogP contribution is -2.36. The van der Waals surface area contributed by atoms with Crippen LogP contribution in [-0.4, -0.2) is 45.0 Å². The van der Waals surface area contributed by atoms with Crippen LogP contribution in [0.3, 0.4) is 0 Å². The topological polar surface area (TPSA) is 63.2 Å². The molecule has 0 aromatic heterocycles. The molecule has 2 aromatic carbocycles. The highest BCUT2D eigenvalue weighted by atomic mass is 19.1. The van der Waals surface area contributed by atoms with E-state index >= 15 is 0 Å². The van der Waals surface area contributed by atoms with Gasteiger partial charge in [0, 0.05) is 25.3 Å². The molecule has 0 bridgehead atoms. The van der Waals surface area contributed by atoms with Crippen LogP contribution in [0.5, 0.6) is 0 Å². The molecule has 1 aliphatic heterocycles. The van der Waals surface area contributed by atoms with Gasteiger partial charge in [-0.15, -0.1) is 0 Å². The van der Waals surface area contributed by atoms with Gasteiger partial charge in [-0.2, -0.15) is 0 Å². The minimum absolute atomic E-state index is 0.178. The number of anilines is 1. The third-order valence-electron chi connectivity index (χ3n) is 4.45. The van der Waals surface area contributed by atoms with Gasteiger partial charge in [0.1, 0.15) is 5.82 Å². The number of carbonyl (C=O) groups is 1. The molecule has 7 heteroatoms. The molecule has 0 unspecified atom stereocenters. The fourth-order valence-electron chi connectivity index (χ4n) is 2.86. The van der Waals surface area contributed by atoms with Crippen LogP contribution in [-0.2, 0) is 20.9 Å². The first-order valence-corrected chi connectivity index (χ1v) is 9.21. The van der Waals surface area contributed by atoms with E-state index in [1.807, 2.05) is 24.3 Å². The van der Waals surface area contributed by atoms with E-state index in [0.717, 1.165) is 43.1 Å². The maximum absolute atomic E-state index is 13.2. The van der Waals surface area contributed by atoms with Crippen molar-refractivity contribution in [2.24, 2.45) is 5.16 Å². The van der Waals surface area contributed by atoms with Gasteiger partial charge >= 0.3 is 0 Å². The van der Waals surface area contributed by atoms with Gasteiger partial charge in [0.15, 0.2) is 6.61 Å². The molecule has 1 amide bonds. The number of amides is 1. The maximum atomic E-state index is 13.2. The Hall–Kier alpha value is -2.93.